The van der Waals surface area contributed by atoms with Crippen molar-refractivity contribution in [3.63, 3.8) is 0 Å². The fourth-order valence-electron chi connectivity index (χ4n) is 4.81. The van der Waals surface area contributed by atoms with E-state index < -0.39 is 0 Å². The third kappa shape index (κ3) is 5.28. The average Bonchev–Trinajstić information content (AvgIpc) is 3.33. The Morgan fingerprint density at radius 2 is 2.00 bits per heavy atom. The zero-order valence-corrected chi connectivity index (χ0v) is 19.3. The number of hydrogen-bond acceptors (Lipinski definition) is 4. The number of rotatable bonds is 5. The first kappa shape index (κ1) is 21.8. The molecule has 1 saturated heterocycles. The van der Waals surface area contributed by atoms with Crippen LogP contribution in [-0.4, -0.2) is 61.9 Å². The number of carbonyl (C=O) groups is 1. The van der Waals surface area contributed by atoms with Gasteiger partial charge in [0.05, 0.1) is 6.54 Å². The molecule has 166 valence electrons. The lowest BCUT2D eigenvalue weighted by Crippen LogP contribution is -2.48. The van der Waals surface area contributed by atoms with E-state index in [4.69, 9.17) is 0 Å². The van der Waals surface area contributed by atoms with Crippen LogP contribution in [0.2, 0.25) is 0 Å². The van der Waals surface area contributed by atoms with E-state index in [1.165, 1.54) is 28.8 Å². The number of carbonyl (C=O) groups excluding carboxylic acids is 1. The summed E-state index contributed by atoms with van der Waals surface area (Å²) in [6.45, 7) is 3.72. The standard InChI is InChI=1S/C24H33N5OS/c1-25-24(26-15-19-9-5-12-28(2)23(19)21-10-6-14-31-21)27-16-22(30)29-13-11-18-7-3-4-8-20(18)17-29/h3-4,6-8,10,14,19,23H,5,9,11-13,15-17H2,1-2H3,(H2,25,26,27). The quantitative estimate of drug-likeness (QED) is 0.556. The normalized spacial score (nSPS) is 22.1. The average molecular weight is 440 g/mol. The van der Waals surface area contributed by atoms with Gasteiger partial charge >= 0.3 is 0 Å². The van der Waals surface area contributed by atoms with Gasteiger partial charge in [-0.05, 0) is 61.3 Å². The van der Waals surface area contributed by atoms with E-state index in [1.54, 1.807) is 7.05 Å². The molecule has 6 nitrogen and oxygen atoms in total. The molecule has 0 bridgehead atoms. The molecule has 1 fully saturated rings. The molecule has 0 radical (unpaired) electrons. The van der Waals surface area contributed by atoms with Gasteiger partial charge in [-0.1, -0.05) is 30.3 Å². The van der Waals surface area contributed by atoms with Crippen LogP contribution in [0.25, 0.3) is 0 Å². The molecule has 7 heteroatoms. The van der Waals surface area contributed by atoms with Crippen molar-refractivity contribution in [1.82, 2.24) is 20.4 Å². The Labute approximate surface area is 189 Å². The molecule has 1 aromatic heterocycles. The zero-order valence-electron chi connectivity index (χ0n) is 18.5. The van der Waals surface area contributed by atoms with E-state index in [-0.39, 0.29) is 12.5 Å². The largest absolute Gasteiger partial charge is 0.356 e. The number of amides is 1. The molecule has 2 unspecified atom stereocenters. The molecular weight excluding hydrogens is 406 g/mol. The van der Waals surface area contributed by atoms with Gasteiger partial charge in [0, 0.05) is 37.6 Å². The number of nitrogens with zero attached hydrogens (tertiary/aromatic N) is 3. The van der Waals surface area contributed by atoms with E-state index >= 15 is 0 Å². The molecule has 3 heterocycles. The monoisotopic (exact) mass is 439 g/mol. The van der Waals surface area contributed by atoms with Crippen molar-refractivity contribution in [2.45, 2.75) is 31.8 Å². The minimum absolute atomic E-state index is 0.117. The summed E-state index contributed by atoms with van der Waals surface area (Å²) in [4.78, 5) is 22.9. The minimum Gasteiger partial charge on any atom is -0.356 e. The highest BCUT2D eigenvalue weighted by atomic mass is 32.1. The van der Waals surface area contributed by atoms with E-state index in [2.05, 4.69) is 63.3 Å². The van der Waals surface area contributed by atoms with Crippen molar-refractivity contribution < 1.29 is 4.79 Å². The molecule has 2 atom stereocenters. The van der Waals surface area contributed by atoms with E-state index in [1.807, 2.05) is 22.3 Å². The molecule has 0 aliphatic carbocycles. The van der Waals surface area contributed by atoms with E-state index in [0.29, 0.717) is 24.5 Å². The Morgan fingerprint density at radius 1 is 1.16 bits per heavy atom. The van der Waals surface area contributed by atoms with Crippen LogP contribution in [0, 0.1) is 5.92 Å². The lowest BCUT2D eigenvalue weighted by Gasteiger charge is -2.39. The lowest BCUT2D eigenvalue weighted by atomic mass is 9.88. The maximum atomic E-state index is 12.8. The maximum absolute atomic E-state index is 12.8. The number of benzene rings is 1. The predicted molar refractivity (Wildman–Crippen MR) is 127 cm³/mol. The van der Waals surface area contributed by atoms with Crippen LogP contribution in [0.4, 0.5) is 0 Å². The second-order valence-electron chi connectivity index (χ2n) is 8.48. The summed E-state index contributed by atoms with van der Waals surface area (Å²) in [7, 11) is 3.99. The predicted octanol–water partition coefficient (Wildman–Crippen LogP) is 2.88. The van der Waals surface area contributed by atoms with Gasteiger partial charge in [-0.15, -0.1) is 11.3 Å². The van der Waals surface area contributed by atoms with Crippen molar-refractivity contribution in [3.8, 4) is 0 Å². The summed E-state index contributed by atoms with van der Waals surface area (Å²) >= 11 is 1.84. The summed E-state index contributed by atoms with van der Waals surface area (Å²) in [6, 6.07) is 13.2. The zero-order chi connectivity index (χ0) is 21.6. The topological polar surface area (TPSA) is 60.0 Å². The summed E-state index contributed by atoms with van der Waals surface area (Å²) in [6.07, 6.45) is 3.34. The first-order chi connectivity index (χ1) is 15.2. The highest BCUT2D eigenvalue weighted by Gasteiger charge is 2.31. The van der Waals surface area contributed by atoms with Gasteiger partial charge in [0.15, 0.2) is 5.96 Å². The van der Waals surface area contributed by atoms with Crippen LogP contribution in [-0.2, 0) is 17.8 Å². The van der Waals surface area contributed by atoms with E-state index in [9.17, 15) is 4.79 Å². The SMILES string of the molecule is CN=C(NCC(=O)N1CCc2ccccc2C1)NCC1CCCN(C)C1c1cccs1. The molecule has 2 aliphatic heterocycles. The van der Waals surface area contributed by atoms with Gasteiger partial charge in [-0.3, -0.25) is 14.7 Å². The fraction of sp³-hybridized carbons (Fsp3) is 0.500. The van der Waals surface area contributed by atoms with Gasteiger partial charge in [0.25, 0.3) is 0 Å². The third-order valence-corrected chi connectivity index (χ3v) is 7.43. The highest BCUT2D eigenvalue weighted by molar-refractivity contribution is 7.10. The van der Waals surface area contributed by atoms with Crippen LogP contribution in [0.5, 0.6) is 0 Å². The molecule has 4 rings (SSSR count). The minimum atomic E-state index is 0.117. The molecule has 1 aromatic carbocycles. The number of hydrogen-bond donors (Lipinski definition) is 2. The van der Waals surface area contributed by atoms with Crippen LogP contribution in [0.15, 0.2) is 46.8 Å². The second kappa shape index (κ2) is 10.3. The van der Waals surface area contributed by atoms with Gasteiger partial charge in [-0.2, -0.15) is 0 Å². The maximum Gasteiger partial charge on any atom is 0.242 e. The molecule has 31 heavy (non-hydrogen) atoms. The van der Waals surface area contributed by atoms with Crippen molar-refractivity contribution >= 4 is 23.2 Å². The molecule has 2 N–H and O–H groups in total. The number of guanidine groups is 1. The number of thiophene rings is 1. The van der Waals surface area contributed by atoms with Gasteiger partial charge in [0.1, 0.15) is 0 Å². The molecule has 2 aromatic rings. The third-order valence-electron chi connectivity index (χ3n) is 6.49. The lowest BCUT2D eigenvalue weighted by molar-refractivity contribution is -0.130. The summed E-state index contributed by atoms with van der Waals surface area (Å²) in [5.41, 5.74) is 2.61. The van der Waals surface area contributed by atoms with E-state index in [0.717, 1.165) is 26.1 Å². The van der Waals surface area contributed by atoms with Crippen molar-refractivity contribution in [3.05, 3.63) is 57.8 Å². The van der Waals surface area contributed by atoms with Gasteiger partial charge in [0.2, 0.25) is 5.91 Å². The van der Waals surface area contributed by atoms with Crippen LogP contribution in [0.1, 0.15) is 34.9 Å². The second-order valence-corrected chi connectivity index (χ2v) is 9.46. The Morgan fingerprint density at radius 3 is 2.77 bits per heavy atom. The molecular formula is C24H33N5OS. The first-order valence-corrected chi connectivity index (χ1v) is 12.1. The smallest absolute Gasteiger partial charge is 0.242 e. The van der Waals surface area contributed by atoms with Crippen LogP contribution in [0.3, 0.4) is 0 Å². The van der Waals surface area contributed by atoms with Gasteiger partial charge in [-0.25, -0.2) is 0 Å². The Hall–Kier alpha value is -2.38. The fourth-order valence-corrected chi connectivity index (χ4v) is 5.79. The Balaban J connectivity index is 1.28. The highest BCUT2D eigenvalue weighted by Crippen LogP contribution is 2.36. The summed E-state index contributed by atoms with van der Waals surface area (Å²) in [5.74, 6) is 1.33. The van der Waals surface area contributed by atoms with Crippen molar-refractivity contribution in [2.75, 3.05) is 40.3 Å². The molecule has 2 aliphatic rings. The Bertz CT molecular complexity index is 897. The number of aliphatic imine (C=N–C) groups is 1. The number of fused-ring (bicyclic) bond motifs is 1. The van der Waals surface area contributed by atoms with Crippen LogP contribution >= 0.6 is 11.3 Å². The number of piperidine rings is 1. The molecule has 0 spiro atoms. The van der Waals surface area contributed by atoms with Crippen molar-refractivity contribution in [2.24, 2.45) is 10.9 Å². The number of likely N-dealkylation sites (tertiary alicyclic amines) is 1. The Kier molecular flexibility index (Phi) is 7.25. The van der Waals surface area contributed by atoms with Crippen molar-refractivity contribution in [1.29, 1.82) is 0 Å². The number of nitrogens with one attached hydrogen (secondary N) is 2. The molecule has 1 amide bonds. The first-order valence-electron chi connectivity index (χ1n) is 11.2. The molecule has 0 saturated carbocycles. The van der Waals surface area contributed by atoms with Crippen LogP contribution < -0.4 is 10.6 Å². The summed E-state index contributed by atoms with van der Waals surface area (Å²) < 4.78 is 0. The summed E-state index contributed by atoms with van der Waals surface area (Å²) in [5, 5.41) is 8.86. The van der Waals surface area contributed by atoms with Gasteiger partial charge < -0.3 is 15.5 Å².